The van der Waals surface area contributed by atoms with Crippen molar-refractivity contribution >= 4 is 23.3 Å². The molecule has 1 N–H and O–H groups in total. The van der Waals surface area contributed by atoms with Crippen LogP contribution < -0.4 is 14.8 Å². The van der Waals surface area contributed by atoms with Gasteiger partial charge in [0, 0.05) is 16.7 Å². The van der Waals surface area contributed by atoms with Gasteiger partial charge < -0.3 is 19.5 Å². The third-order valence-electron chi connectivity index (χ3n) is 4.54. The Bertz CT molecular complexity index is 945. The summed E-state index contributed by atoms with van der Waals surface area (Å²) in [4.78, 5) is 37.1. The van der Waals surface area contributed by atoms with Gasteiger partial charge in [0.2, 0.25) is 17.8 Å². The van der Waals surface area contributed by atoms with Crippen LogP contribution in [-0.2, 0) is 14.3 Å². The molecule has 0 radical (unpaired) electrons. The molecule has 3 rings (SSSR count). The second kappa shape index (κ2) is 8.57. The van der Waals surface area contributed by atoms with Crippen molar-refractivity contribution in [1.29, 1.82) is 0 Å². The first-order chi connectivity index (χ1) is 14.1. The molecule has 30 heavy (non-hydrogen) atoms. The Kier molecular flexibility index (Phi) is 6.10. The highest BCUT2D eigenvalue weighted by molar-refractivity contribution is 6.01. The van der Waals surface area contributed by atoms with Crippen molar-refractivity contribution in [3.8, 4) is 11.5 Å². The van der Waals surface area contributed by atoms with Crippen molar-refractivity contribution in [2.45, 2.75) is 39.9 Å². The number of nitrogens with one attached hydrogen (secondary N) is 1. The van der Waals surface area contributed by atoms with Gasteiger partial charge in [0.05, 0.1) is 0 Å². The Morgan fingerprint density at radius 1 is 1.03 bits per heavy atom. The average molecular weight is 411 g/mol. The largest absolute Gasteiger partial charge is 0.485 e. The van der Waals surface area contributed by atoms with Crippen molar-refractivity contribution in [3.63, 3.8) is 0 Å². The van der Waals surface area contributed by atoms with Gasteiger partial charge in [-0.3, -0.25) is 9.59 Å². The fourth-order valence-corrected chi connectivity index (χ4v) is 2.71. The van der Waals surface area contributed by atoms with Gasteiger partial charge in [0.25, 0.3) is 0 Å². The maximum absolute atomic E-state index is 12.6. The maximum atomic E-state index is 12.6. The van der Waals surface area contributed by atoms with Gasteiger partial charge in [-0.2, -0.15) is 0 Å². The van der Waals surface area contributed by atoms with Gasteiger partial charge in [-0.25, -0.2) is 4.79 Å². The molecule has 0 saturated carbocycles. The van der Waals surface area contributed by atoms with Crippen LogP contribution in [0.5, 0.6) is 11.5 Å². The van der Waals surface area contributed by atoms with Crippen LogP contribution in [0.4, 0.5) is 5.69 Å². The van der Waals surface area contributed by atoms with Crippen LogP contribution in [0.1, 0.15) is 38.1 Å². The van der Waals surface area contributed by atoms with Gasteiger partial charge in [-0.1, -0.05) is 32.9 Å². The van der Waals surface area contributed by atoms with Crippen molar-refractivity contribution in [1.82, 2.24) is 0 Å². The van der Waals surface area contributed by atoms with Crippen LogP contribution >= 0.6 is 0 Å². The molecule has 0 bridgehead atoms. The first-order valence-corrected chi connectivity index (χ1v) is 9.70. The molecule has 7 nitrogen and oxygen atoms in total. The van der Waals surface area contributed by atoms with Gasteiger partial charge in [-0.05, 0) is 43.3 Å². The Labute approximate surface area is 175 Å². The maximum Gasteiger partial charge on any atom is 0.351 e. The molecule has 1 aliphatic heterocycles. The van der Waals surface area contributed by atoms with Crippen LogP contribution in [0.15, 0.2) is 48.5 Å². The minimum atomic E-state index is -0.992. The number of carbonyl (C=O) groups is 3. The fourth-order valence-electron chi connectivity index (χ4n) is 2.71. The molecule has 158 valence electrons. The Morgan fingerprint density at radius 2 is 1.67 bits per heavy atom. The third-order valence-corrected chi connectivity index (χ3v) is 4.54. The first kappa shape index (κ1) is 21.4. The summed E-state index contributed by atoms with van der Waals surface area (Å²) >= 11 is 0. The molecule has 0 spiro atoms. The molecule has 7 heteroatoms. The summed E-state index contributed by atoms with van der Waals surface area (Å²) in [7, 11) is 0. The number of esters is 1. The van der Waals surface area contributed by atoms with E-state index in [4.69, 9.17) is 14.2 Å². The summed E-state index contributed by atoms with van der Waals surface area (Å²) < 4.78 is 16.4. The minimum Gasteiger partial charge on any atom is -0.485 e. The van der Waals surface area contributed by atoms with Gasteiger partial charge >= 0.3 is 5.97 Å². The molecule has 2 aromatic rings. The fraction of sp³-hybridized carbons (Fsp3) is 0.348. The number of carbonyl (C=O) groups excluding carboxylic acids is 3. The second-order valence-corrected chi connectivity index (χ2v) is 8.09. The van der Waals surface area contributed by atoms with Crippen molar-refractivity contribution in [3.05, 3.63) is 54.1 Å². The van der Waals surface area contributed by atoms with Crippen LogP contribution in [0.25, 0.3) is 0 Å². The number of ketones is 1. The number of anilines is 1. The molecular formula is C23H25NO6. The van der Waals surface area contributed by atoms with E-state index in [9.17, 15) is 14.4 Å². The van der Waals surface area contributed by atoms with Crippen LogP contribution in [0.3, 0.4) is 0 Å². The number of para-hydroxylation sites is 2. The lowest BCUT2D eigenvalue weighted by Crippen LogP contribution is -2.40. The molecule has 2 aromatic carbocycles. The van der Waals surface area contributed by atoms with E-state index in [1.165, 1.54) is 6.92 Å². The summed E-state index contributed by atoms with van der Waals surface area (Å²) in [6.07, 6.45) is -1.93. The number of benzene rings is 2. The van der Waals surface area contributed by atoms with E-state index in [-0.39, 0.29) is 18.3 Å². The smallest absolute Gasteiger partial charge is 0.351 e. The molecule has 0 fully saturated rings. The van der Waals surface area contributed by atoms with Crippen molar-refractivity contribution in [2.24, 2.45) is 5.41 Å². The van der Waals surface area contributed by atoms with Crippen LogP contribution in [0, 0.1) is 5.41 Å². The number of hydrogen-bond acceptors (Lipinski definition) is 6. The predicted octanol–water partition coefficient (Wildman–Crippen LogP) is 3.63. The number of ether oxygens (including phenoxy) is 3. The highest BCUT2D eigenvalue weighted by atomic mass is 16.6. The lowest BCUT2D eigenvalue weighted by molar-refractivity contribution is -0.157. The van der Waals surface area contributed by atoms with Gasteiger partial charge in [0.1, 0.15) is 6.61 Å². The van der Waals surface area contributed by atoms with Crippen LogP contribution in [0.2, 0.25) is 0 Å². The van der Waals surface area contributed by atoms with E-state index in [0.29, 0.717) is 22.7 Å². The SMILES string of the molecule is C[C@@H](OC(=O)[C@H]1COc2ccccc2O1)C(=O)c1ccc(NC(=O)C(C)(C)C)cc1. The first-order valence-electron chi connectivity index (χ1n) is 9.70. The molecule has 0 aliphatic carbocycles. The predicted molar refractivity (Wildman–Crippen MR) is 111 cm³/mol. The summed E-state index contributed by atoms with van der Waals surface area (Å²) in [5.74, 6) is -0.129. The van der Waals surface area contributed by atoms with Crippen molar-refractivity contribution in [2.75, 3.05) is 11.9 Å². The highest BCUT2D eigenvalue weighted by Crippen LogP contribution is 2.31. The van der Waals surface area contributed by atoms with E-state index < -0.39 is 23.6 Å². The summed E-state index contributed by atoms with van der Waals surface area (Å²) in [5, 5.41) is 2.79. The Balaban J connectivity index is 1.58. The standard InChI is InChI=1S/C23H25NO6/c1-14(29-21(26)19-13-28-17-7-5-6-8-18(17)30-19)20(25)15-9-11-16(12-10-15)24-22(27)23(2,3)4/h5-12,14,19H,13H2,1-4H3,(H,24,27)/t14-,19-/m1/s1. The molecule has 0 unspecified atom stereocenters. The summed E-state index contributed by atoms with van der Waals surface area (Å²) in [5.41, 5.74) is 0.431. The zero-order valence-electron chi connectivity index (χ0n) is 17.4. The third kappa shape index (κ3) is 4.97. The van der Waals surface area contributed by atoms with E-state index in [1.54, 1.807) is 48.5 Å². The molecule has 1 aliphatic rings. The van der Waals surface area contributed by atoms with Crippen molar-refractivity contribution < 1.29 is 28.6 Å². The van der Waals surface area contributed by atoms with E-state index in [2.05, 4.69) is 5.32 Å². The quantitative estimate of drug-likeness (QED) is 0.597. The number of hydrogen-bond donors (Lipinski definition) is 1. The van der Waals surface area contributed by atoms with Crippen LogP contribution in [-0.4, -0.2) is 36.5 Å². The minimum absolute atomic E-state index is 0.0128. The number of fused-ring (bicyclic) bond motifs is 1. The second-order valence-electron chi connectivity index (χ2n) is 8.09. The normalized spacial score (nSPS) is 16.3. The number of rotatable bonds is 5. The monoisotopic (exact) mass is 411 g/mol. The lowest BCUT2D eigenvalue weighted by atomic mass is 9.95. The molecule has 0 aromatic heterocycles. The zero-order valence-corrected chi connectivity index (χ0v) is 17.4. The molecule has 2 atom stereocenters. The topological polar surface area (TPSA) is 90.9 Å². The van der Waals surface area contributed by atoms with E-state index in [0.717, 1.165) is 0 Å². The lowest BCUT2D eigenvalue weighted by Gasteiger charge is -2.25. The molecule has 1 heterocycles. The van der Waals surface area contributed by atoms with Gasteiger partial charge in [-0.15, -0.1) is 0 Å². The van der Waals surface area contributed by atoms with E-state index >= 15 is 0 Å². The zero-order chi connectivity index (χ0) is 21.9. The molecular weight excluding hydrogens is 386 g/mol. The number of Topliss-reactive ketones (excluding diaryl/α,β-unsaturated/α-hetero) is 1. The molecule has 1 amide bonds. The number of amides is 1. The Morgan fingerprint density at radius 3 is 2.30 bits per heavy atom. The Hall–Kier alpha value is -3.35. The molecule has 0 saturated heterocycles. The van der Waals surface area contributed by atoms with E-state index in [1.807, 2.05) is 20.8 Å². The summed E-state index contributed by atoms with van der Waals surface area (Å²) in [6.45, 7) is 6.97. The summed E-state index contributed by atoms with van der Waals surface area (Å²) in [6, 6.07) is 13.5. The average Bonchev–Trinajstić information content (AvgIpc) is 2.72. The van der Waals surface area contributed by atoms with Gasteiger partial charge in [0.15, 0.2) is 17.6 Å². The highest BCUT2D eigenvalue weighted by Gasteiger charge is 2.31.